The molecule has 1 saturated heterocycles. The van der Waals surface area contributed by atoms with Crippen molar-refractivity contribution in [3.63, 3.8) is 0 Å². The van der Waals surface area contributed by atoms with Gasteiger partial charge in [0, 0.05) is 31.6 Å². The van der Waals surface area contributed by atoms with E-state index in [0.717, 1.165) is 5.75 Å². The van der Waals surface area contributed by atoms with Crippen molar-refractivity contribution >= 4 is 35.1 Å². The second-order valence-corrected chi connectivity index (χ2v) is 7.09. The van der Waals surface area contributed by atoms with E-state index in [9.17, 15) is 14.4 Å². The molecule has 1 heterocycles. The molecule has 0 spiro atoms. The van der Waals surface area contributed by atoms with Crippen LogP contribution in [0.5, 0.6) is 5.75 Å². The van der Waals surface area contributed by atoms with Crippen LogP contribution < -0.4 is 15.0 Å². The average molecular weight is 416 g/mol. The summed E-state index contributed by atoms with van der Waals surface area (Å²) < 4.78 is 5.65. The first kappa shape index (κ1) is 20.7. The van der Waals surface area contributed by atoms with Crippen molar-refractivity contribution < 1.29 is 19.1 Å². The summed E-state index contributed by atoms with van der Waals surface area (Å²) in [4.78, 5) is 39.5. The maximum absolute atomic E-state index is 12.9. The zero-order chi connectivity index (χ0) is 20.8. The molecular weight excluding hydrogens is 394 g/mol. The number of nitrogens with zero attached hydrogens (tertiary/aromatic N) is 2. The summed E-state index contributed by atoms with van der Waals surface area (Å²) in [6, 6.07) is 13.5. The number of carbonyl (C=O) groups is 3. The van der Waals surface area contributed by atoms with Gasteiger partial charge in [-0.25, -0.2) is 4.79 Å². The molecule has 0 aromatic heterocycles. The van der Waals surface area contributed by atoms with Crippen molar-refractivity contribution in [3.8, 4) is 5.75 Å². The minimum atomic E-state index is -0.513. The number of anilines is 1. The van der Waals surface area contributed by atoms with E-state index >= 15 is 0 Å². The summed E-state index contributed by atoms with van der Waals surface area (Å²) in [6.45, 7) is 1.19. The van der Waals surface area contributed by atoms with Gasteiger partial charge in [-0.3, -0.25) is 19.8 Å². The maximum Gasteiger partial charge on any atom is 0.328 e. The fourth-order valence-electron chi connectivity index (χ4n) is 3.01. The van der Waals surface area contributed by atoms with E-state index < -0.39 is 6.03 Å². The summed E-state index contributed by atoms with van der Waals surface area (Å²) in [5, 5.41) is 2.93. The zero-order valence-electron chi connectivity index (χ0n) is 16.1. The van der Waals surface area contributed by atoms with E-state index in [1.807, 2.05) is 0 Å². The first-order valence-corrected chi connectivity index (χ1v) is 9.67. The smallest absolute Gasteiger partial charge is 0.328 e. The van der Waals surface area contributed by atoms with Crippen LogP contribution in [0.15, 0.2) is 48.5 Å². The number of benzene rings is 2. The topological polar surface area (TPSA) is 79.0 Å². The molecule has 0 saturated carbocycles. The van der Waals surface area contributed by atoms with Crippen LogP contribution in [0.2, 0.25) is 5.02 Å². The molecule has 1 aliphatic heterocycles. The van der Waals surface area contributed by atoms with Gasteiger partial charge in [0.25, 0.3) is 5.91 Å². The number of ether oxygens (including phenoxy) is 1. The molecule has 7 nitrogen and oxygen atoms in total. The molecule has 1 aliphatic rings. The molecule has 29 heavy (non-hydrogen) atoms. The Labute approximate surface area is 174 Å². The Morgan fingerprint density at radius 2 is 1.90 bits per heavy atom. The predicted molar refractivity (Wildman–Crippen MR) is 110 cm³/mol. The minimum Gasteiger partial charge on any atom is -0.494 e. The van der Waals surface area contributed by atoms with Gasteiger partial charge in [-0.1, -0.05) is 23.7 Å². The Hall–Kier alpha value is -3.06. The SMILES string of the molecule is CN(CCCOc1ccc(Cl)cc1)C(=O)c1ccccc1N1CCC(=O)NC1=O. The largest absolute Gasteiger partial charge is 0.494 e. The fraction of sp³-hybridized carbons (Fsp3) is 0.286. The van der Waals surface area contributed by atoms with Crippen LogP contribution in [0.3, 0.4) is 0 Å². The molecule has 0 radical (unpaired) electrons. The van der Waals surface area contributed by atoms with Gasteiger partial charge in [0.1, 0.15) is 5.75 Å². The molecule has 2 aromatic rings. The Kier molecular flexibility index (Phi) is 6.72. The normalized spacial score (nSPS) is 13.8. The molecule has 1 fully saturated rings. The molecule has 4 amide bonds. The van der Waals surface area contributed by atoms with Crippen LogP contribution in [0.4, 0.5) is 10.5 Å². The van der Waals surface area contributed by atoms with Crippen molar-refractivity contribution in [2.24, 2.45) is 0 Å². The Bertz CT molecular complexity index is 901. The molecule has 0 aliphatic carbocycles. The Balaban J connectivity index is 1.59. The number of urea groups is 1. The van der Waals surface area contributed by atoms with Crippen molar-refractivity contribution in [1.29, 1.82) is 0 Å². The molecule has 1 N–H and O–H groups in total. The second-order valence-electron chi connectivity index (χ2n) is 6.65. The van der Waals surface area contributed by atoms with E-state index in [1.165, 1.54) is 4.90 Å². The average Bonchev–Trinajstić information content (AvgIpc) is 2.72. The first-order valence-electron chi connectivity index (χ1n) is 9.30. The molecule has 0 unspecified atom stereocenters. The lowest BCUT2D eigenvalue weighted by atomic mass is 10.1. The quantitative estimate of drug-likeness (QED) is 0.703. The Morgan fingerprint density at radius 1 is 1.17 bits per heavy atom. The van der Waals surface area contributed by atoms with Gasteiger partial charge in [-0.05, 0) is 42.8 Å². The molecule has 3 rings (SSSR count). The summed E-state index contributed by atoms with van der Waals surface area (Å²) in [5.74, 6) is 0.212. The first-order chi connectivity index (χ1) is 14.0. The number of hydrogen-bond donors (Lipinski definition) is 1. The van der Waals surface area contributed by atoms with Crippen LogP contribution in [0.1, 0.15) is 23.2 Å². The van der Waals surface area contributed by atoms with Crippen molar-refractivity contribution in [2.45, 2.75) is 12.8 Å². The Morgan fingerprint density at radius 3 is 2.62 bits per heavy atom. The lowest BCUT2D eigenvalue weighted by Gasteiger charge is -2.29. The number of nitrogens with one attached hydrogen (secondary N) is 1. The van der Waals surface area contributed by atoms with Gasteiger partial charge in [0.15, 0.2) is 0 Å². The third kappa shape index (κ3) is 5.26. The number of carbonyl (C=O) groups excluding carboxylic acids is 3. The molecule has 8 heteroatoms. The molecule has 2 aromatic carbocycles. The highest BCUT2D eigenvalue weighted by atomic mass is 35.5. The predicted octanol–water partition coefficient (Wildman–Crippen LogP) is 3.33. The zero-order valence-corrected chi connectivity index (χ0v) is 16.8. The van der Waals surface area contributed by atoms with Crippen molar-refractivity contribution in [1.82, 2.24) is 10.2 Å². The number of hydrogen-bond acceptors (Lipinski definition) is 4. The molecule has 0 bridgehead atoms. The minimum absolute atomic E-state index is 0.197. The molecular formula is C21H22ClN3O4. The number of rotatable bonds is 7. The van der Waals surface area contributed by atoms with E-state index in [-0.39, 0.29) is 24.8 Å². The van der Waals surface area contributed by atoms with Crippen LogP contribution in [-0.2, 0) is 4.79 Å². The highest BCUT2D eigenvalue weighted by molar-refractivity contribution is 6.30. The lowest BCUT2D eigenvalue weighted by molar-refractivity contribution is -0.120. The summed E-state index contributed by atoms with van der Waals surface area (Å²) in [6.07, 6.45) is 0.845. The van der Waals surface area contributed by atoms with Crippen LogP contribution in [0.25, 0.3) is 0 Å². The summed E-state index contributed by atoms with van der Waals surface area (Å²) in [7, 11) is 1.71. The van der Waals surface area contributed by atoms with Gasteiger partial charge in [-0.15, -0.1) is 0 Å². The number of halogens is 1. The van der Waals surface area contributed by atoms with Gasteiger partial charge in [-0.2, -0.15) is 0 Å². The van der Waals surface area contributed by atoms with E-state index in [1.54, 1.807) is 60.5 Å². The van der Waals surface area contributed by atoms with Crippen LogP contribution in [-0.4, -0.2) is 49.5 Å². The molecule has 152 valence electrons. The van der Waals surface area contributed by atoms with E-state index in [4.69, 9.17) is 16.3 Å². The van der Waals surface area contributed by atoms with Crippen LogP contribution >= 0.6 is 11.6 Å². The summed E-state index contributed by atoms with van der Waals surface area (Å²) in [5.41, 5.74) is 0.907. The van der Waals surface area contributed by atoms with Crippen LogP contribution in [0, 0.1) is 0 Å². The monoisotopic (exact) mass is 415 g/mol. The lowest BCUT2D eigenvalue weighted by Crippen LogP contribution is -2.50. The third-order valence-electron chi connectivity index (χ3n) is 4.55. The van der Waals surface area contributed by atoms with Gasteiger partial charge >= 0.3 is 6.03 Å². The van der Waals surface area contributed by atoms with Crippen molar-refractivity contribution in [2.75, 3.05) is 31.6 Å². The number of para-hydroxylation sites is 1. The van der Waals surface area contributed by atoms with Gasteiger partial charge in [0.2, 0.25) is 5.91 Å². The van der Waals surface area contributed by atoms with E-state index in [0.29, 0.717) is 35.8 Å². The second kappa shape index (κ2) is 9.43. The fourth-order valence-corrected chi connectivity index (χ4v) is 3.14. The highest BCUT2D eigenvalue weighted by Gasteiger charge is 2.28. The number of imide groups is 1. The maximum atomic E-state index is 12.9. The highest BCUT2D eigenvalue weighted by Crippen LogP contribution is 2.24. The van der Waals surface area contributed by atoms with E-state index in [2.05, 4.69) is 5.32 Å². The van der Waals surface area contributed by atoms with Gasteiger partial charge < -0.3 is 9.64 Å². The van der Waals surface area contributed by atoms with Gasteiger partial charge in [0.05, 0.1) is 17.9 Å². The van der Waals surface area contributed by atoms with Crippen molar-refractivity contribution in [3.05, 3.63) is 59.1 Å². The summed E-state index contributed by atoms with van der Waals surface area (Å²) >= 11 is 5.85. The number of amides is 4. The molecule has 0 atom stereocenters. The standard InChI is InChI=1S/C21H22ClN3O4/c1-24(12-4-14-29-16-9-7-15(22)8-10-16)20(27)17-5-2-3-6-18(17)25-13-11-19(26)23-21(25)28/h2-3,5-10H,4,11-14H2,1H3,(H,23,26,28). The third-order valence-corrected chi connectivity index (χ3v) is 4.80.